The van der Waals surface area contributed by atoms with E-state index in [4.69, 9.17) is 28.3 Å². The number of benzene rings is 2. The highest BCUT2D eigenvalue weighted by Gasteiger charge is 2.59. The number of hydrogen-bond acceptors (Lipinski definition) is 5. The number of hydrogen-bond donors (Lipinski definition) is 2. The van der Waals surface area contributed by atoms with Gasteiger partial charge in [-0.1, -0.05) is 23.2 Å². The molecule has 0 aliphatic carbocycles. The molecule has 0 radical (unpaired) electrons. The summed E-state index contributed by atoms with van der Waals surface area (Å²) in [4.78, 5) is 4.33. The number of aliphatic hydroxyl groups is 1. The van der Waals surface area contributed by atoms with Crippen LogP contribution in [0, 0.1) is 0 Å². The molecule has 0 bridgehead atoms. The quantitative estimate of drug-likeness (QED) is 0.745. The Morgan fingerprint density at radius 1 is 1.14 bits per heavy atom. The van der Waals surface area contributed by atoms with Crippen molar-refractivity contribution in [2.24, 2.45) is 10.1 Å². The van der Waals surface area contributed by atoms with E-state index in [0.717, 1.165) is 17.0 Å². The Balaban J connectivity index is 2.13. The Morgan fingerprint density at radius 3 is 2.25 bits per heavy atom. The average molecular weight is 454 g/mol. The monoisotopic (exact) mass is 453 g/mol. The Morgan fingerprint density at radius 2 is 1.75 bits per heavy atom. The molecule has 0 aromatic heterocycles. The van der Waals surface area contributed by atoms with Crippen molar-refractivity contribution in [1.29, 1.82) is 0 Å². The second-order valence-electron chi connectivity index (χ2n) is 6.00. The summed E-state index contributed by atoms with van der Waals surface area (Å²) in [7, 11) is -3.98. The summed E-state index contributed by atoms with van der Waals surface area (Å²) in [5.41, 5.74) is -3.11. The lowest BCUT2D eigenvalue weighted by Gasteiger charge is -2.26. The van der Waals surface area contributed by atoms with Gasteiger partial charge in [-0.05, 0) is 42.5 Å². The van der Waals surface area contributed by atoms with Crippen molar-refractivity contribution in [3.05, 3.63) is 58.1 Å². The van der Waals surface area contributed by atoms with Crippen LogP contribution in [0.25, 0.3) is 0 Å². The molecule has 2 aromatic carbocycles. The maximum atomic E-state index is 13.4. The summed E-state index contributed by atoms with van der Waals surface area (Å²) in [6.45, 7) is -0.940. The van der Waals surface area contributed by atoms with Crippen molar-refractivity contribution in [3.8, 4) is 0 Å². The lowest BCUT2D eigenvalue weighted by Crippen LogP contribution is -2.47. The number of primary sulfonamides is 1. The summed E-state index contributed by atoms with van der Waals surface area (Å²) in [6.07, 6.45) is -5.05. The van der Waals surface area contributed by atoms with E-state index >= 15 is 0 Å². The first-order valence-corrected chi connectivity index (χ1v) is 9.87. The first-order valence-electron chi connectivity index (χ1n) is 7.57. The van der Waals surface area contributed by atoms with Crippen LogP contribution in [0.1, 0.15) is 5.56 Å². The third-order valence-corrected chi connectivity index (χ3v) is 5.49. The number of aliphatic imine (C=N–C) groups is 1. The number of nitrogens with zero attached hydrogens (tertiary/aromatic N) is 2. The number of β-amino-alcohol motifs (C(OH)–C–C–N with tert-alkyl or cyclic N) is 1. The van der Waals surface area contributed by atoms with Crippen LogP contribution >= 0.6 is 23.2 Å². The molecule has 0 saturated carbocycles. The first kappa shape index (κ1) is 20.9. The molecule has 150 valence electrons. The Hall–Kier alpha value is -1.85. The standard InChI is InChI=1S/C16H12Cl2F3N3O3S/c17-10-3-6-13(12(18)7-10)24-8-15(25,16(19,20)21)23-14(24)9-1-4-11(5-2-9)28(22,26)27/h1-7,25H,8H2,(H2,22,26,27). The molecule has 1 aliphatic heterocycles. The second-order valence-corrected chi connectivity index (χ2v) is 8.41. The number of sulfonamides is 1. The van der Waals surface area contributed by atoms with Crippen molar-refractivity contribution in [2.75, 3.05) is 11.4 Å². The summed E-state index contributed by atoms with van der Waals surface area (Å²) in [5, 5.41) is 15.4. The van der Waals surface area contributed by atoms with Crippen LogP contribution in [-0.4, -0.2) is 37.8 Å². The van der Waals surface area contributed by atoms with Gasteiger partial charge in [-0.3, -0.25) is 0 Å². The number of alkyl halides is 3. The molecule has 1 aliphatic rings. The minimum atomic E-state index is -5.05. The van der Waals surface area contributed by atoms with Gasteiger partial charge < -0.3 is 10.0 Å². The first-order chi connectivity index (χ1) is 12.8. The van der Waals surface area contributed by atoms with Gasteiger partial charge in [0.25, 0.3) is 5.72 Å². The fraction of sp³-hybridized carbons (Fsp3) is 0.188. The number of amidine groups is 1. The van der Waals surface area contributed by atoms with E-state index in [-0.39, 0.29) is 32.0 Å². The zero-order valence-corrected chi connectivity index (χ0v) is 16.1. The summed E-state index contributed by atoms with van der Waals surface area (Å²) in [5.74, 6) is -0.245. The Bertz CT molecular complexity index is 1060. The van der Waals surface area contributed by atoms with E-state index in [1.54, 1.807) is 0 Å². The van der Waals surface area contributed by atoms with E-state index in [1.165, 1.54) is 30.3 Å². The Kier molecular flexibility index (Phi) is 5.13. The molecule has 3 rings (SSSR count). The van der Waals surface area contributed by atoms with Gasteiger partial charge in [0.05, 0.1) is 22.2 Å². The van der Waals surface area contributed by atoms with Gasteiger partial charge in [-0.2, -0.15) is 13.2 Å². The molecule has 1 heterocycles. The average Bonchev–Trinajstić information content (AvgIpc) is 2.93. The summed E-state index contributed by atoms with van der Waals surface area (Å²) >= 11 is 11.9. The van der Waals surface area contributed by atoms with Gasteiger partial charge in [0.2, 0.25) is 10.0 Å². The van der Waals surface area contributed by atoms with E-state index in [1.807, 2.05) is 0 Å². The highest BCUT2D eigenvalue weighted by atomic mass is 35.5. The minimum Gasteiger partial charge on any atom is -0.361 e. The third kappa shape index (κ3) is 3.83. The van der Waals surface area contributed by atoms with E-state index in [2.05, 4.69) is 4.99 Å². The SMILES string of the molecule is NS(=O)(=O)c1ccc(C2=NC(O)(C(F)(F)F)CN2c2ccc(Cl)cc2Cl)cc1. The molecule has 12 heteroatoms. The van der Waals surface area contributed by atoms with Crippen molar-refractivity contribution in [3.63, 3.8) is 0 Å². The molecule has 0 saturated heterocycles. The zero-order valence-electron chi connectivity index (χ0n) is 13.8. The highest BCUT2D eigenvalue weighted by molar-refractivity contribution is 7.89. The van der Waals surface area contributed by atoms with Gasteiger partial charge in [0, 0.05) is 10.6 Å². The molecule has 0 spiro atoms. The number of nitrogens with two attached hydrogens (primary N) is 1. The van der Waals surface area contributed by atoms with Crippen LogP contribution in [0.3, 0.4) is 0 Å². The van der Waals surface area contributed by atoms with Crippen molar-refractivity contribution >= 4 is 44.7 Å². The molecular formula is C16H12Cl2F3N3O3S. The molecule has 2 aromatic rings. The molecule has 0 amide bonds. The second kappa shape index (κ2) is 6.89. The maximum Gasteiger partial charge on any atom is 0.440 e. The fourth-order valence-corrected chi connectivity index (χ4v) is 3.66. The van der Waals surface area contributed by atoms with Crippen LogP contribution in [0.2, 0.25) is 10.0 Å². The van der Waals surface area contributed by atoms with Crippen molar-refractivity contribution in [2.45, 2.75) is 16.8 Å². The van der Waals surface area contributed by atoms with E-state index in [9.17, 15) is 26.7 Å². The number of anilines is 1. The smallest absolute Gasteiger partial charge is 0.361 e. The lowest BCUT2D eigenvalue weighted by molar-refractivity contribution is -0.249. The predicted molar refractivity (Wildman–Crippen MR) is 99.2 cm³/mol. The van der Waals surface area contributed by atoms with Crippen LogP contribution in [0.4, 0.5) is 18.9 Å². The molecule has 0 fully saturated rings. The Labute approximate surface area is 168 Å². The van der Waals surface area contributed by atoms with Crippen LogP contribution in [0.15, 0.2) is 52.4 Å². The molecule has 28 heavy (non-hydrogen) atoms. The minimum absolute atomic E-state index is 0.0489. The summed E-state index contributed by atoms with van der Waals surface area (Å²) < 4.78 is 62.9. The number of rotatable bonds is 3. The normalized spacial score (nSPS) is 20.4. The highest BCUT2D eigenvalue weighted by Crippen LogP contribution is 2.41. The van der Waals surface area contributed by atoms with Crippen LogP contribution in [-0.2, 0) is 10.0 Å². The van der Waals surface area contributed by atoms with Gasteiger partial charge in [-0.25, -0.2) is 18.5 Å². The lowest BCUT2D eigenvalue weighted by atomic mass is 10.1. The molecule has 6 nitrogen and oxygen atoms in total. The molecule has 3 N–H and O–H groups in total. The van der Waals surface area contributed by atoms with Gasteiger partial charge in [0.15, 0.2) is 0 Å². The van der Waals surface area contributed by atoms with Crippen LogP contribution < -0.4 is 10.0 Å². The molecule has 1 unspecified atom stereocenters. The molecular weight excluding hydrogens is 442 g/mol. The van der Waals surface area contributed by atoms with Crippen molar-refractivity contribution in [1.82, 2.24) is 0 Å². The predicted octanol–water partition coefficient (Wildman–Crippen LogP) is 3.16. The van der Waals surface area contributed by atoms with Gasteiger partial charge in [0.1, 0.15) is 5.84 Å². The summed E-state index contributed by atoms with van der Waals surface area (Å²) in [6, 6.07) is 8.87. The zero-order chi connectivity index (χ0) is 20.9. The van der Waals surface area contributed by atoms with E-state index in [0.29, 0.717) is 0 Å². The molecule has 1 atom stereocenters. The topological polar surface area (TPSA) is 96.0 Å². The maximum absolute atomic E-state index is 13.4. The van der Waals surface area contributed by atoms with Gasteiger partial charge >= 0.3 is 6.18 Å². The number of halogens is 5. The van der Waals surface area contributed by atoms with E-state index < -0.39 is 28.5 Å². The van der Waals surface area contributed by atoms with Gasteiger partial charge in [-0.15, -0.1) is 0 Å². The largest absolute Gasteiger partial charge is 0.440 e. The van der Waals surface area contributed by atoms with Crippen LogP contribution in [0.5, 0.6) is 0 Å². The third-order valence-electron chi connectivity index (χ3n) is 4.02. The van der Waals surface area contributed by atoms with Crippen molar-refractivity contribution < 1.29 is 26.7 Å². The fourth-order valence-electron chi connectivity index (χ4n) is 2.63.